The van der Waals surface area contributed by atoms with Gasteiger partial charge in [0.25, 0.3) is 0 Å². The number of carbonyl (C=O) groups excluding carboxylic acids is 1. The first-order valence-electron chi connectivity index (χ1n) is 6.97. The SMILES string of the molecule is CS(=O)(=O)C[C@H](C(=O)NCCc1ccsc1)c1ccccc1. The maximum Gasteiger partial charge on any atom is 0.228 e. The van der Waals surface area contributed by atoms with Gasteiger partial charge in [-0.1, -0.05) is 30.3 Å². The van der Waals surface area contributed by atoms with Crippen LogP contribution in [0.15, 0.2) is 47.2 Å². The third kappa shape index (κ3) is 5.27. The maximum atomic E-state index is 12.4. The molecule has 1 amide bonds. The van der Waals surface area contributed by atoms with Crippen molar-refractivity contribution in [2.45, 2.75) is 12.3 Å². The Bertz CT molecular complexity index is 694. The van der Waals surface area contributed by atoms with Gasteiger partial charge in [-0.15, -0.1) is 0 Å². The molecule has 118 valence electrons. The molecule has 0 saturated carbocycles. The van der Waals surface area contributed by atoms with Crippen LogP contribution in [0.5, 0.6) is 0 Å². The first kappa shape index (κ1) is 16.7. The van der Waals surface area contributed by atoms with Crippen molar-refractivity contribution in [2.24, 2.45) is 0 Å². The number of sulfone groups is 1. The van der Waals surface area contributed by atoms with E-state index in [2.05, 4.69) is 5.32 Å². The molecule has 1 heterocycles. The Hall–Kier alpha value is -1.66. The number of hydrogen-bond acceptors (Lipinski definition) is 4. The Kier molecular flexibility index (Phi) is 5.74. The van der Waals surface area contributed by atoms with Gasteiger partial charge in [-0.25, -0.2) is 8.42 Å². The average Bonchev–Trinajstić information content (AvgIpc) is 2.98. The standard InChI is InChI=1S/C16H19NO3S2/c1-22(19,20)12-15(14-5-3-2-4-6-14)16(18)17-9-7-13-8-10-21-11-13/h2-6,8,10-11,15H,7,9,12H2,1H3,(H,17,18)/t15-/m0/s1. The molecule has 2 rings (SSSR count). The van der Waals surface area contributed by atoms with Gasteiger partial charge in [-0.2, -0.15) is 11.3 Å². The highest BCUT2D eigenvalue weighted by Gasteiger charge is 2.24. The second-order valence-electron chi connectivity index (χ2n) is 5.23. The van der Waals surface area contributed by atoms with Crippen LogP contribution in [-0.2, 0) is 21.1 Å². The van der Waals surface area contributed by atoms with Crippen molar-refractivity contribution in [2.75, 3.05) is 18.6 Å². The first-order chi connectivity index (χ1) is 10.5. The summed E-state index contributed by atoms with van der Waals surface area (Å²) < 4.78 is 23.2. The molecule has 0 unspecified atom stereocenters. The molecule has 0 aliphatic heterocycles. The fourth-order valence-electron chi connectivity index (χ4n) is 2.20. The van der Waals surface area contributed by atoms with Crippen LogP contribution >= 0.6 is 11.3 Å². The van der Waals surface area contributed by atoms with Crippen molar-refractivity contribution >= 4 is 27.1 Å². The van der Waals surface area contributed by atoms with Crippen molar-refractivity contribution in [1.29, 1.82) is 0 Å². The second kappa shape index (κ2) is 7.56. The van der Waals surface area contributed by atoms with E-state index in [1.54, 1.807) is 23.5 Å². The largest absolute Gasteiger partial charge is 0.355 e. The summed E-state index contributed by atoms with van der Waals surface area (Å²) >= 11 is 1.62. The second-order valence-corrected chi connectivity index (χ2v) is 8.19. The smallest absolute Gasteiger partial charge is 0.228 e. The molecule has 1 aromatic heterocycles. The molecule has 22 heavy (non-hydrogen) atoms. The lowest BCUT2D eigenvalue weighted by atomic mass is 10.0. The molecule has 0 fully saturated rings. The summed E-state index contributed by atoms with van der Waals surface area (Å²) in [4.78, 5) is 12.4. The summed E-state index contributed by atoms with van der Waals surface area (Å²) in [7, 11) is -3.24. The monoisotopic (exact) mass is 337 g/mol. The molecule has 0 aliphatic carbocycles. The molecule has 1 atom stereocenters. The highest BCUT2D eigenvalue weighted by molar-refractivity contribution is 7.90. The summed E-state index contributed by atoms with van der Waals surface area (Å²) in [5, 5.41) is 6.88. The normalized spacial score (nSPS) is 12.8. The van der Waals surface area contributed by atoms with E-state index in [-0.39, 0.29) is 11.7 Å². The molecule has 0 aliphatic rings. The fourth-order valence-corrected chi connectivity index (χ4v) is 3.85. The van der Waals surface area contributed by atoms with Crippen LogP contribution in [-0.4, -0.2) is 32.9 Å². The van der Waals surface area contributed by atoms with E-state index < -0.39 is 15.8 Å². The Morgan fingerprint density at radius 2 is 1.95 bits per heavy atom. The Morgan fingerprint density at radius 3 is 2.55 bits per heavy atom. The summed E-state index contributed by atoms with van der Waals surface area (Å²) in [5.74, 6) is -1.09. The molecule has 1 aromatic carbocycles. The number of benzene rings is 1. The number of carbonyl (C=O) groups is 1. The van der Waals surface area contributed by atoms with Gasteiger partial charge in [0.1, 0.15) is 9.84 Å². The molecule has 0 spiro atoms. The van der Waals surface area contributed by atoms with Crippen LogP contribution < -0.4 is 5.32 Å². The molecular formula is C16H19NO3S2. The van der Waals surface area contributed by atoms with Crippen LogP contribution in [0.4, 0.5) is 0 Å². The minimum Gasteiger partial charge on any atom is -0.355 e. The zero-order chi connectivity index (χ0) is 16.0. The summed E-state index contributed by atoms with van der Waals surface area (Å²) in [6.07, 6.45) is 1.90. The maximum absolute atomic E-state index is 12.4. The van der Waals surface area contributed by atoms with Crippen LogP contribution in [0.25, 0.3) is 0 Å². The van der Waals surface area contributed by atoms with Gasteiger partial charge < -0.3 is 5.32 Å². The van der Waals surface area contributed by atoms with Crippen LogP contribution in [0, 0.1) is 0 Å². The lowest BCUT2D eigenvalue weighted by Gasteiger charge is -2.16. The predicted molar refractivity (Wildman–Crippen MR) is 89.9 cm³/mol. The minimum atomic E-state index is -3.24. The van der Waals surface area contributed by atoms with E-state index in [1.165, 1.54) is 5.56 Å². The van der Waals surface area contributed by atoms with Gasteiger partial charge in [-0.05, 0) is 34.4 Å². The first-order valence-corrected chi connectivity index (χ1v) is 9.97. The Balaban J connectivity index is 2.02. The predicted octanol–water partition coefficient (Wildman–Crippen LogP) is 2.24. The summed E-state index contributed by atoms with van der Waals surface area (Å²) in [6, 6.07) is 11.0. The quantitative estimate of drug-likeness (QED) is 0.843. The van der Waals surface area contributed by atoms with Crippen LogP contribution in [0.2, 0.25) is 0 Å². The molecule has 0 radical (unpaired) electrons. The minimum absolute atomic E-state index is 0.179. The zero-order valence-corrected chi connectivity index (χ0v) is 14.0. The number of rotatable bonds is 7. The van der Waals surface area contributed by atoms with Gasteiger partial charge in [0.05, 0.1) is 11.7 Å². The number of thiophene rings is 1. The Labute approximate surface area is 135 Å². The van der Waals surface area contributed by atoms with Gasteiger partial charge in [0.2, 0.25) is 5.91 Å². The van der Waals surface area contributed by atoms with Crippen molar-refractivity contribution in [3.63, 3.8) is 0 Å². The third-order valence-corrected chi connectivity index (χ3v) is 4.95. The number of amides is 1. The molecular weight excluding hydrogens is 318 g/mol. The summed E-state index contributed by atoms with van der Waals surface area (Å²) in [5.41, 5.74) is 1.89. The van der Waals surface area contributed by atoms with E-state index in [0.29, 0.717) is 6.54 Å². The molecule has 0 saturated heterocycles. The number of nitrogens with one attached hydrogen (secondary N) is 1. The average molecular weight is 337 g/mol. The van der Waals surface area contributed by atoms with Gasteiger partial charge >= 0.3 is 0 Å². The highest BCUT2D eigenvalue weighted by atomic mass is 32.2. The third-order valence-electron chi connectivity index (χ3n) is 3.28. The van der Waals surface area contributed by atoms with Crippen molar-refractivity contribution < 1.29 is 13.2 Å². The highest BCUT2D eigenvalue weighted by Crippen LogP contribution is 2.18. The Morgan fingerprint density at radius 1 is 1.23 bits per heavy atom. The van der Waals surface area contributed by atoms with E-state index in [1.807, 2.05) is 35.0 Å². The molecule has 2 aromatic rings. The van der Waals surface area contributed by atoms with E-state index in [4.69, 9.17) is 0 Å². The zero-order valence-electron chi connectivity index (χ0n) is 12.4. The van der Waals surface area contributed by atoms with E-state index in [0.717, 1.165) is 18.2 Å². The molecule has 6 heteroatoms. The summed E-state index contributed by atoms with van der Waals surface area (Å²) in [6.45, 7) is 0.503. The van der Waals surface area contributed by atoms with E-state index >= 15 is 0 Å². The van der Waals surface area contributed by atoms with Gasteiger partial charge in [0, 0.05) is 12.8 Å². The molecule has 4 nitrogen and oxygen atoms in total. The lowest BCUT2D eigenvalue weighted by molar-refractivity contribution is -0.122. The number of hydrogen-bond donors (Lipinski definition) is 1. The van der Waals surface area contributed by atoms with Crippen LogP contribution in [0.1, 0.15) is 17.0 Å². The topological polar surface area (TPSA) is 63.2 Å². The van der Waals surface area contributed by atoms with Crippen molar-refractivity contribution in [3.8, 4) is 0 Å². The van der Waals surface area contributed by atoms with Crippen LogP contribution in [0.3, 0.4) is 0 Å². The molecule has 0 bridgehead atoms. The van der Waals surface area contributed by atoms with E-state index in [9.17, 15) is 13.2 Å². The van der Waals surface area contributed by atoms with Gasteiger partial charge in [-0.3, -0.25) is 4.79 Å². The van der Waals surface area contributed by atoms with Crippen molar-refractivity contribution in [3.05, 3.63) is 58.3 Å². The van der Waals surface area contributed by atoms with Crippen molar-refractivity contribution in [1.82, 2.24) is 5.32 Å². The molecule has 1 N–H and O–H groups in total. The fraction of sp³-hybridized carbons (Fsp3) is 0.312. The lowest BCUT2D eigenvalue weighted by Crippen LogP contribution is -2.34. The van der Waals surface area contributed by atoms with Gasteiger partial charge in [0.15, 0.2) is 0 Å².